The van der Waals surface area contributed by atoms with Crippen molar-refractivity contribution in [2.75, 3.05) is 13.6 Å². The van der Waals surface area contributed by atoms with Gasteiger partial charge in [-0.05, 0) is 19.2 Å². The Hall–Kier alpha value is -1.61. The van der Waals surface area contributed by atoms with Crippen molar-refractivity contribution >= 4 is 6.21 Å². The molecule has 0 atom stereocenters. The fourth-order valence-corrected chi connectivity index (χ4v) is 1.41. The van der Waals surface area contributed by atoms with Crippen molar-refractivity contribution in [1.82, 2.24) is 5.32 Å². The maximum Gasteiger partial charge on any atom is 0.135 e. The van der Waals surface area contributed by atoms with Gasteiger partial charge < -0.3 is 10.1 Å². The van der Waals surface area contributed by atoms with Gasteiger partial charge in [0.25, 0.3) is 0 Å². The molecule has 1 aliphatic rings. The minimum Gasteiger partial charge on any atom is -0.459 e. The molecular formula is C12H14N2O. The van der Waals surface area contributed by atoms with Crippen molar-refractivity contribution in [3.63, 3.8) is 0 Å². The van der Waals surface area contributed by atoms with Crippen molar-refractivity contribution in [3.8, 4) is 5.75 Å². The van der Waals surface area contributed by atoms with Crippen LogP contribution in [0.5, 0.6) is 5.75 Å². The van der Waals surface area contributed by atoms with E-state index in [-0.39, 0.29) is 0 Å². The number of ether oxygens (including phenoxy) is 1. The van der Waals surface area contributed by atoms with E-state index in [2.05, 4.69) is 10.3 Å². The standard InChI is InChI=1S/C12H14N2O/c1-13-7-6-11-9-14-8-10-4-2-3-5-12(10)15-11/h2-5,8-9,13H,6-7H2,1H3. The highest BCUT2D eigenvalue weighted by molar-refractivity contribution is 5.84. The summed E-state index contributed by atoms with van der Waals surface area (Å²) in [6.07, 6.45) is 4.45. The summed E-state index contributed by atoms with van der Waals surface area (Å²) >= 11 is 0. The van der Waals surface area contributed by atoms with E-state index in [9.17, 15) is 0 Å². The fraction of sp³-hybridized carbons (Fsp3) is 0.250. The molecule has 1 heterocycles. The van der Waals surface area contributed by atoms with Crippen LogP contribution in [-0.4, -0.2) is 19.8 Å². The van der Waals surface area contributed by atoms with Crippen molar-refractivity contribution in [2.45, 2.75) is 6.42 Å². The Morgan fingerprint density at radius 3 is 3.07 bits per heavy atom. The van der Waals surface area contributed by atoms with E-state index in [0.29, 0.717) is 0 Å². The monoisotopic (exact) mass is 202 g/mol. The lowest BCUT2D eigenvalue weighted by atomic mass is 10.2. The van der Waals surface area contributed by atoms with Crippen LogP contribution in [0.4, 0.5) is 0 Å². The Balaban J connectivity index is 2.16. The third kappa shape index (κ3) is 2.44. The predicted octanol–water partition coefficient (Wildman–Crippen LogP) is 1.95. The summed E-state index contributed by atoms with van der Waals surface area (Å²) in [5, 5.41) is 3.09. The summed E-state index contributed by atoms with van der Waals surface area (Å²) in [4.78, 5) is 4.21. The van der Waals surface area contributed by atoms with Crippen LogP contribution in [0.3, 0.4) is 0 Å². The second kappa shape index (κ2) is 4.75. The van der Waals surface area contributed by atoms with Gasteiger partial charge in [0.05, 0.1) is 6.20 Å². The summed E-state index contributed by atoms with van der Waals surface area (Å²) in [6.45, 7) is 0.892. The molecule has 0 spiro atoms. The molecule has 1 aromatic rings. The molecule has 1 aromatic carbocycles. The van der Waals surface area contributed by atoms with E-state index in [1.54, 1.807) is 6.20 Å². The summed E-state index contributed by atoms with van der Waals surface area (Å²) in [7, 11) is 1.93. The number of para-hydroxylation sites is 1. The highest BCUT2D eigenvalue weighted by Crippen LogP contribution is 2.21. The first kappa shape index (κ1) is 9.93. The number of hydrogen-bond acceptors (Lipinski definition) is 3. The second-order valence-electron chi connectivity index (χ2n) is 3.37. The Morgan fingerprint density at radius 1 is 1.33 bits per heavy atom. The average molecular weight is 202 g/mol. The van der Waals surface area contributed by atoms with Crippen LogP contribution in [0.1, 0.15) is 12.0 Å². The maximum atomic E-state index is 5.76. The summed E-state index contributed by atoms with van der Waals surface area (Å²) in [5.41, 5.74) is 1.02. The fourth-order valence-electron chi connectivity index (χ4n) is 1.41. The minimum absolute atomic E-state index is 0.849. The molecule has 0 bridgehead atoms. The highest BCUT2D eigenvalue weighted by atomic mass is 16.5. The molecule has 0 saturated heterocycles. The zero-order chi connectivity index (χ0) is 10.5. The van der Waals surface area contributed by atoms with Gasteiger partial charge in [0, 0.05) is 24.7 Å². The molecule has 0 aliphatic carbocycles. The van der Waals surface area contributed by atoms with E-state index >= 15 is 0 Å². The van der Waals surface area contributed by atoms with E-state index in [1.165, 1.54) is 0 Å². The van der Waals surface area contributed by atoms with Gasteiger partial charge in [-0.3, -0.25) is 4.99 Å². The van der Waals surface area contributed by atoms with Gasteiger partial charge in [0.15, 0.2) is 0 Å². The van der Waals surface area contributed by atoms with Crippen molar-refractivity contribution in [1.29, 1.82) is 0 Å². The summed E-state index contributed by atoms with van der Waals surface area (Å²) in [6, 6.07) is 7.90. The highest BCUT2D eigenvalue weighted by Gasteiger charge is 2.07. The molecule has 2 rings (SSSR count). The SMILES string of the molecule is CNCCC1=CN=Cc2ccccc2O1. The molecule has 0 amide bonds. The summed E-state index contributed by atoms with van der Waals surface area (Å²) < 4.78 is 5.76. The van der Waals surface area contributed by atoms with Gasteiger partial charge >= 0.3 is 0 Å². The largest absolute Gasteiger partial charge is 0.459 e. The molecule has 0 aromatic heterocycles. The quantitative estimate of drug-likeness (QED) is 0.812. The Kier molecular flexibility index (Phi) is 3.15. The first-order chi connectivity index (χ1) is 7.40. The van der Waals surface area contributed by atoms with Crippen LogP contribution in [0.15, 0.2) is 41.2 Å². The average Bonchev–Trinajstić information content (AvgIpc) is 2.47. The lowest BCUT2D eigenvalue weighted by Gasteiger charge is -2.09. The molecule has 3 nitrogen and oxygen atoms in total. The molecule has 0 unspecified atom stereocenters. The maximum absolute atomic E-state index is 5.76. The van der Waals surface area contributed by atoms with Gasteiger partial charge in [0.2, 0.25) is 0 Å². The van der Waals surface area contributed by atoms with Crippen LogP contribution < -0.4 is 10.1 Å². The third-order valence-corrected chi connectivity index (χ3v) is 2.21. The van der Waals surface area contributed by atoms with Crippen molar-refractivity contribution in [2.24, 2.45) is 4.99 Å². The lowest BCUT2D eigenvalue weighted by molar-refractivity contribution is 0.401. The first-order valence-electron chi connectivity index (χ1n) is 5.04. The first-order valence-corrected chi connectivity index (χ1v) is 5.04. The Labute approximate surface area is 89.5 Å². The van der Waals surface area contributed by atoms with Gasteiger partial charge in [-0.15, -0.1) is 0 Å². The number of fused-ring (bicyclic) bond motifs is 1. The van der Waals surface area contributed by atoms with Gasteiger partial charge in [-0.1, -0.05) is 12.1 Å². The molecule has 15 heavy (non-hydrogen) atoms. The molecule has 0 radical (unpaired) electrons. The van der Waals surface area contributed by atoms with Crippen LogP contribution >= 0.6 is 0 Å². The molecule has 1 N–H and O–H groups in total. The van der Waals surface area contributed by atoms with Crippen molar-refractivity contribution in [3.05, 3.63) is 41.8 Å². The minimum atomic E-state index is 0.849. The number of benzene rings is 1. The van der Waals surface area contributed by atoms with E-state index in [4.69, 9.17) is 4.74 Å². The molecular weight excluding hydrogens is 188 g/mol. The van der Waals surface area contributed by atoms with Gasteiger partial charge in [0.1, 0.15) is 11.5 Å². The lowest BCUT2D eigenvalue weighted by Crippen LogP contribution is -2.10. The summed E-state index contributed by atoms with van der Waals surface area (Å²) in [5.74, 6) is 1.77. The van der Waals surface area contributed by atoms with E-state index < -0.39 is 0 Å². The zero-order valence-electron chi connectivity index (χ0n) is 8.73. The van der Waals surface area contributed by atoms with Gasteiger partial charge in [-0.25, -0.2) is 0 Å². The third-order valence-electron chi connectivity index (χ3n) is 2.21. The molecule has 1 aliphatic heterocycles. The number of aliphatic imine (C=N–C) groups is 1. The number of nitrogens with one attached hydrogen (secondary N) is 1. The van der Waals surface area contributed by atoms with Gasteiger partial charge in [-0.2, -0.15) is 0 Å². The van der Waals surface area contributed by atoms with E-state index in [0.717, 1.165) is 30.0 Å². The van der Waals surface area contributed by atoms with E-state index in [1.807, 2.05) is 37.5 Å². The normalized spacial score (nSPS) is 13.8. The van der Waals surface area contributed by atoms with Crippen LogP contribution in [0.2, 0.25) is 0 Å². The smallest absolute Gasteiger partial charge is 0.135 e. The zero-order valence-corrected chi connectivity index (χ0v) is 8.73. The number of hydrogen-bond donors (Lipinski definition) is 1. The van der Waals surface area contributed by atoms with Crippen LogP contribution in [0.25, 0.3) is 0 Å². The second-order valence-corrected chi connectivity index (χ2v) is 3.37. The molecule has 0 saturated carbocycles. The Morgan fingerprint density at radius 2 is 2.20 bits per heavy atom. The molecule has 78 valence electrons. The van der Waals surface area contributed by atoms with Crippen LogP contribution in [0, 0.1) is 0 Å². The molecule has 3 heteroatoms. The Bertz CT molecular complexity index is 396. The van der Waals surface area contributed by atoms with Crippen molar-refractivity contribution < 1.29 is 4.74 Å². The number of rotatable bonds is 3. The predicted molar refractivity (Wildman–Crippen MR) is 61.3 cm³/mol. The number of nitrogens with zero attached hydrogens (tertiary/aromatic N) is 1. The van der Waals surface area contributed by atoms with Crippen LogP contribution in [-0.2, 0) is 0 Å². The topological polar surface area (TPSA) is 33.6 Å². The molecule has 0 fully saturated rings.